The summed E-state index contributed by atoms with van der Waals surface area (Å²) in [6.07, 6.45) is 7.70. The minimum atomic E-state index is -1.44. The highest BCUT2D eigenvalue weighted by atomic mass is 19.1. The third kappa shape index (κ3) is 5.20. The summed E-state index contributed by atoms with van der Waals surface area (Å²) in [6, 6.07) is 10.5. The lowest BCUT2D eigenvalue weighted by atomic mass is 9.88. The fraction of sp³-hybridized carbons (Fsp3) is 0.464. The number of para-hydroxylation sites is 1. The number of fused-ring (bicyclic) bond motifs is 1. The lowest BCUT2D eigenvalue weighted by Crippen LogP contribution is -2.40. The molecule has 2 aliphatic rings. The van der Waals surface area contributed by atoms with Crippen LogP contribution in [0.3, 0.4) is 0 Å². The Labute approximate surface area is 205 Å². The summed E-state index contributed by atoms with van der Waals surface area (Å²) in [6.45, 7) is 3.55. The largest absolute Gasteiger partial charge is 0.348 e. The van der Waals surface area contributed by atoms with Crippen molar-refractivity contribution in [2.24, 2.45) is 0 Å². The number of hydrogen-bond donors (Lipinski definition) is 1. The van der Waals surface area contributed by atoms with Crippen molar-refractivity contribution < 1.29 is 13.6 Å². The van der Waals surface area contributed by atoms with E-state index in [9.17, 15) is 9.18 Å². The van der Waals surface area contributed by atoms with Gasteiger partial charge in [-0.3, -0.25) is 14.7 Å². The van der Waals surface area contributed by atoms with E-state index in [4.69, 9.17) is 0 Å². The van der Waals surface area contributed by atoms with Gasteiger partial charge in [-0.15, -0.1) is 0 Å². The molecule has 3 heterocycles. The molecule has 0 unspecified atom stereocenters. The molecule has 5 rings (SSSR count). The van der Waals surface area contributed by atoms with Crippen LogP contribution in [0.4, 0.5) is 8.78 Å². The monoisotopic (exact) mass is 478 g/mol. The van der Waals surface area contributed by atoms with Gasteiger partial charge in [0.15, 0.2) is 5.67 Å². The first kappa shape index (κ1) is 23.8. The van der Waals surface area contributed by atoms with Gasteiger partial charge in [-0.1, -0.05) is 31.4 Å². The van der Waals surface area contributed by atoms with Crippen molar-refractivity contribution in [2.75, 3.05) is 13.1 Å². The minimum absolute atomic E-state index is 0.146. The lowest BCUT2D eigenvalue weighted by molar-refractivity contribution is 0.0491. The van der Waals surface area contributed by atoms with Crippen molar-refractivity contribution in [3.05, 3.63) is 70.9 Å². The van der Waals surface area contributed by atoms with E-state index in [-0.39, 0.29) is 23.2 Å². The standard InChI is InChI=1S/C28H32F2N4O/c1-19-10-13-31-25(16-19)28(30)11-14-34(15-12-28)18-20-17-24(27(35)32-21-6-3-2-4-7-21)33-26-22(20)8-5-9-23(26)29/h5,8-10,13,16-17,21H,2-4,6-7,11-12,14-15,18H2,1H3,(H,32,35). The second-order valence-corrected chi connectivity index (χ2v) is 10.1. The van der Waals surface area contributed by atoms with Crippen LogP contribution in [0.2, 0.25) is 0 Å². The van der Waals surface area contributed by atoms with Gasteiger partial charge in [0.2, 0.25) is 0 Å². The predicted octanol–water partition coefficient (Wildman–Crippen LogP) is 5.60. The molecule has 1 saturated heterocycles. The molecule has 1 saturated carbocycles. The summed E-state index contributed by atoms with van der Waals surface area (Å²) in [5, 5.41) is 3.78. The molecule has 1 amide bonds. The number of carbonyl (C=O) groups excluding carboxylic acids is 1. The van der Waals surface area contributed by atoms with Crippen LogP contribution < -0.4 is 5.32 Å². The second kappa shape index (κ2) is 9.97. The molecule has 2 aromatic heterocycles. The Morgan fingerprint density at radius 1 is 1.14 bits per heavy atom. The number of pyridine rings is 2. The normalized spacial score (nSPS) is 19.1. The zero-order valence-electron chi connectivity index (χ0n) is 20.2. The van der Waals surface area contributed by atoms with Crippen LogP contribution in [-0.2, 0) is 12.2 Å². The molecule has 3 aromatic rings. The van der Waals surface area contributed by atoms with Crippen molar-refractivity contribution in [3.63, 3.8) is 0 Å². The summed E-state index contributed by atoms with van der Waals surface area (Å²) in [5.74, 6) is -0.696. The molecule has 1 aliphatic carbocycles. The average Bonchev–Trinajstić information content (AvgIpc) is 2.86. The molecular formula is C28H32F2N4O. The van der Waals surface area contributed by atoms with E-state index in [0.717, 1.165) is 36.8 Å². The van der Waals surface area contributed by atoms with E-state index >= 15 is 4.39 Å². The Morgan fingerprint density at radius 3 is 2.66 bits per heavy atom. The first-order chi connectivity index (χ1) is 16.9. The van der Waals surface area contributed by atoms with Gasteiger partial charge < -0.3 is 5.32 Å². The number of halogens is 2. The van der Waals surface area contributed by atoms with Gasteiger partial charge in [0.25, 0.3) is 5.91 Å². The van der Waals surface area contributed by atoms with E-state index in [0.29, 0.717) is 43.6 Å². The summed E-state index contributed by atoms with van der Waals surface area (Å²) in [5.41, 5.74) is 1.33. The Bertz CT molecular complexity index is 1220. The number of amides is 1. The number of aryl methyl sites for hydroxylation is 1. The molecule has 0 spiro atoms. The Kier molecular flexibility index (Phi) is 6.78. The number of aromatic nitrogens is 2. The molecule has 1 aliphatic heterocycles. The van der Waals surface area contributed by atoms with E-state index in [1.807, 2.05) is 25.1 Å². The quantitative estimate of drug-likeness (QED) is 0.519. The van der Waals surface area contributed by atoms with Gasteiger partial charge in [0.1, 0.15) is 17.0 Å². The molecule has 35 heavy (non-hydrogen) atoms. The molecule has 2 fully saturated rings. The number of piperidine rings is 1. The highest BCUT2D eigenvalue weighted by Gasteiger charge is 2.37. The lowest BCUT2D eigenvalue weighted by Gasteiger charge is -2.36. The molecule has 0 atom stereocenters. The number of nitrogens with one attached hydrogen (secondary N) is 1. The van der Waals surface area contributed by atoms with E-state index < -0.39 is 11.5 Å². The SMILES string of the molecule is Cc1ccnc(C2(F)CCN(Cc3cc(C(=O)NC4CCCCC4)nc4c(F)cccc34)CC2)c1. The number of carbonyl (C=O) groups is 1. The van der Waals surface area contributed by atoms with Crippen LogP contribution in [0.5, 0.6) is 0 Å². The van der Waals surface area contributed by atoms with Crippen LogP contribution in [0.15, 0.2) is 42.6 Å². The number of rotatable bonds is 5. The van der Waals surface area contributed by atoms with Crippen molar-refractivity contribution >= 4 is 16.8 Å². The van der Waals surface area contributed by atoms with Crippen molar-refractivity contribution in [3.8, 4) is 0 Å². The van der Waals surface area contributed by atoms with Crippen LogP contribution >= 0.6 is 0 Å². The summed E-state index contributed by atoms with van der Waals surface area (Å²) in [4.78, 5) is 23.9. The highest BCUT2D eigenvalue weighted by molar-refractivity contribution is 5.96. The average molecular weight is 479 g/mol. The van der Waals surface area contributed by atoms with Crippen LogP contribution in [0.1, 0.15) is 72.3 Å². The Morgan fingerprint density at radius 2 is 1.91 bits per heavy atom. The van der Waals surface area contributed by atoms with Gasteiger partial charge in [-0.2, -0.15) is 0 Å². The summed E-state index contributed by atoms with van der Waals surface area (Å²) in [7, 11) is 0. The Balaban J connectivity index is 1.36. The zero-order valence-corrected chi connectivity index (χ0v) is 20.2. The van der Waals surface area contributed by atoms with E-state index in [1.165, 1.54) is 12.5 Å². The fourth-order valence-corrected chi connectivity index (χ4v) is 5.38. The maximum Gasteiger partial charge on any atom is 0.270 e. The number of likely N-dealkylation sites (tertiary alicyclic amines) is 1. The van der Waals surface area contributed by atoms with Crippen molar-refractivity contribution in [2.45, 2.75) is 70.1 Å². The van der Waals surface area contributed by atoms with E-state index in [2.05, 4.69) is 20.2 Å². The molecule has 0 bridgehead atoms. The second-order valence-electron chi connectivity index (χ2n) is 10.1. The molecular weight excluding hydrogens is 446 g/mol. The smallest absolute Gasteiger partial charge is 0.270 e. The van der Waals surface area contributed by atoms with Gasteiger partial charge in [-0.25, -0.2) is 13.8 Å². The van der Waals surface area contributed by atoms with Gasteiger partial charge in [-0.05, 0) is 68.0 Å². The highest BCUT2D eigenvalue weighted by Crippen LogP contribution is 2.37. The van der Waals surface area contributed by atoms with Crippen molar-refractivity contribution in [1.29, 1.82) is 0 Å². The maximum atomic E-state index is 15.7. The van der Waals surface area contributed by atoms with Crippen molar-refractivity contribution in [1.82, 2.24) is 20.2 Å². The summed E-state index contributed by atoms with van der Waals surface area (Å²) >= 11 is 0. The molecule has 1 aromatic carbocycles. The van der Waals surface area contributed by atoms with Gasteiger partial charge in [0, 0.05) is 37.3 Å². The molecule has 7 heteroatoms. The third-order valence-electron chi connectivity index (χ3n) is 7.47. The number of alkyl halides is 1. The van der Waals surface area contributed by atoms with Crippen LogP contribution in [0.25, 0.3) is 10.9 Å². The number of benzene rings is 1. The van der Waals surface area contributed by atoms with Gasteiger partial charge >= 0.3 is 0 Å². The first-order valence-electron chi connectivity index (χ1n) is 12.6. The molecule has 1 N–H and O–H groups in total. The van der Waals surface area contributed by atoms with Gasteiger partial charge in [0.05, 0.1) is 5.69 Å². The third-order valence-corrected chi connectivity index (χ3v) is 7.47. The van der Waals surface area contributed by atoms with E-state index in [1.54, 1.807) is 18.3 Å². The zero-order chi connectivity index (χ0) is 24.4. The maximum absolute atomic E-state index is 15.7. The molecule has 5 nitrogen and oxygen atoms in total. The predicted molar refractivity (Wildman–Crippen MR) is 132 cm³/mol. The minimum Gasteiger partial charge on any atom is -0.348 e. The Hall–Kier alpha value is -2.93. The first-order valence-corrected chi connectivity index (χ1v) is 12.6. The number of nitrogens with zero attached hydrogens (tertiary/aromatic N) is 3. The topological polar surface area (TPSA) is 58.1 Å². The van der Waals surface area contributed by atoms with Crippen LogP contribution in [-0.4, -0.2) is 39.9 Å². The fourth-order valence-electron chi connectivity index (χ4n) is 5.38. The molecule has 0 radical (unpaired) electrons. The summed E-state index contributed by atoms with van der Waals surface area (Å²) < 4.78 is 30.4. The van der Waals surface area contributed by atoms with Crippen LogP contribution in [0, 0.1) is 12.7 Å². The molecule has 184 valence electrons. The number of hydrogen-bond acceptors (Lipinski definition) is 4.